The van der Waals surface area contributed by atoms with Crippen LogP contribution in [0.4, 0.5) is 0 Å². The molecule has 2 aliphatic rings. The average molecular weight is 462 g/mol. The van der Waals surface area contributed by atoms with Crippen molar-refractivity contribution in [2.75, 3.05) is 14.2 Å². The first kappa shape index (κ1) is 22.1. The molecule has 176 valence electrons. The molecule has 0 saturated heterocycles. The van der Waals surface area contributed by atoms with Crippen LogP contribution in [0.5, 0.6) is 11.5 Å². The van der Waals surface area contributed by atoms with Crippen molar-refractivity contribution in [2.24, 2.45) is 0 Å². The summed E-state index contributed by atoms with van der Waals surface area (Å²) < 4.78 is 16.5. The molecule has 2 aromatic carbocycles. The summed E-state index contributed by atoms with van der Waals surface area (Å²) in [6.45, 7) is 0. The molecule has 1 aliphatic carbocycles. The number of hydrogen-bond acceptors (Lipinski definition) is 6. The zero-order valence-electron chi connectivity index (χ0n) is 19.2. The molecule has 0 spiro atoms. The van der Waals surface area contributed by atoms with E-state index >= 15 is 0 Å². The predicted octanol–water partition coefficient (Wildman–Crippen LogP) is 5.36. The van der Waals surface area contributed by atoms with Crippen LogP contribution in [0.1, 0.15) is 54.3 Å². The Morgan fingerprint density at radius 2 is 1.76 bits per heavy atom. The lowest BCUT2D eigenvalue weighted by Gasteiger charge is -2.36. The van der Waals surface area contributed by atoms with E-state index in [1.165, 1.54) is 7.11 Å². The summed E-state index contributed by atoms with van der Waals surface area (Å²) in [5.74, 6) is -0.301. The number of ketones is 1. The molecule has 0 radical (unpaired) electrons. The second-order valence-corrected chi connectivity index (χ2v) is 8.76. The van der Waals surface area contributed by atoms with E-state index in [0.29, 0.717) is 22.5 Å². The van der Waals surface area contributed by atoms with Gasteiger partial charge in [0.2, 0.25) is 5.78 Å². The average Bonchev–Trinajstić information content (AvgIpc) is 3.43. The minimum absolute atomic E-state index is 0.0405. The third-order valence-electron chi connectivity index (χ3n) is 6.84. The predicted molar refractivity (Wildman–Crippen MR) is 126 cm³/mol. The Morgan fingerprint density at radius 1 is 1.03 bits per heavy atom. The van der Waals surface area contributed by atoms with Gasteiger partial charge < -0.3 is 23.9 Å². The Hall–Kier alpha value is -3.74. The van der Waals surface area contributed by atoms with Gasteiger partial charge in [0.25, 0.3) is 5.91 Å². The number of carbonyl (C=O) groups excluding carboxylic acids is 2. The van der Waals surface area contributed by atoms with Gasteiger partial charge in [0.15, 0.2) is 22.9 Å². The van der Waals surface area contributed by atoms with Gasteiger partial charge in [-0.1, -0.05) is 43.5 Å². The Morgan fingerprint density at radius 3 is 2.44 bits per heavy atom. The maximum atomic E-state index is 13.8. The van der Waals surface area contributed by atoms with Crippen molar-refractivity contribution in [3.8, 4) is 11.5 Å². The van der Waals surface area contributed by atoms with Gasteiger partial charge in [-0.05, 0) is 42.7 Å². The van der Waals surface area contributed by atoms with E-state index in [2.05, 4.69) is 0 Å². The van der Waals surface area contributed by atoms with E-state index < -0.39 is 23.5 Å². The van der Waals surface area contributed by atoms with Crippen LogP contribution in [0, 0.1) is 0 Å². The molecule has 1 amide bonds. The molecule has 34 heavy (non-hydrogen) atoms. The monoisotopic (exact) mass is 461 g/mol. The second kappa shape index (κ2) is 8.89. The molecule has 1 N–H and O–H groups in total. The van der Waals surface area contributed by atoms with Gasteiger partial charge in [-0.25, -0.2) is 0 Å². The lowest BCUT2D eigenvalue weighted by atomic mass is 9.90. The number of fused-ring (bicyclic) bond motifs is 1. The van der Waals surface area contributed by atoms with Crippen LogP contribution in [0.15, 0.2) is 64.3 Å². The Bertz CT molecular complexity index is 1270. The largest absolute Gasteiger partial charge is 0.503 e. The fraction of sp³-hybridized carbons (Fsp3) is 0.333. The van der Waals surface area contributed by atoms with Crippen LogP contribution in [0.2, 0.25) is 0 Å². The summed E-state index contributed by atoms with van der Waals surface area (Å²) in [4.78, 5) is 28.8. The number of furan rings is 1. The number of carbonyl (C=O) groups is 2. The van der Waals surface area contributed by atoms with Crippen LogP contribution in [-0.4, -0.2) is 42.0 Å². The third kappa shape index (κ3) is 3.61. The maximum absolute atomic E-state index is 13.8. The Kier molecular flexibility index (Phi) is 5.77. The number of amides is 1. The minimum atomic E-state index is -0.705. The molecular weight excluding hydrogens is 434 g/mol. The van der Waals surface area contributed by atoms with E-state index in [9.17, 15) is 14.7 Å². The smallest absolute Gasteiger partial charge is 0.290 e. The molecular formula is C27H27NO6. The van der Waals surface area contributed by atoms with E-state index in [-0.39, 0.29) is 17.4 Å². The molecule has 5 rings (SSSR count). The number of aliphatic hydroxyl groups is 1. The van der Waals surface area contributed by atoms with E-state index in [4.69, 9.17) is 13.9 Å². The minimum Gasteiger partial charge on any atom is -0.503 e. The highest BCUT2D eigenvalue weighted by molar-refractivity contribution is 6.16. The number of nitrogens with zero attached hydrogens (tertiary/aromatic N) is 1. The summed E-state index contributed by atoms with van der Waals surface area (Å²) in [5.41, 5.74) is 1.22. The number of hydrogen-bond donors (Lipinski definition) is 1. The summed E-state index contributed by atoms with van der Waals surface area (Å²) in [7, 11) is 3.11. The molecule has 1 fully saturated rings. The van der Waals surface area contributed by atoms with E-state index in [1.54, 1.807) is 36.3 Å². The maximum Gasteiger partial charge on any atom is 0.290 e. The molecule has 0 bridgehead atoms. The number of benzene rings is 2. The van der Waals surface area contributed by atoms with Crippen molar-refractivity contribution >= 4 is 22.7 Å². The lowest BCUT2D eigenvalue weighted by Crippen LogP contribution is -2.41. The summed E-state index contributed by atoms with van der Waals surface area (Å²) >= 11 is 0. The quantitative estimate of drug-likeness (QED) is 0.497. The Labute approximate surface area is 197 Å². The fourth-order valence-electron chi connectivity index (χ4n) is 5.15. The van der Waals surface area contributed by atoms with Crippen LogP contribution >= 0.6 is 0 Å². The molecule has 7 nitrogen and oxygen atoms in total. The van der Waals surface area contributed by atoms with Crippen molar-refractivity contribution in [3.63, 3.8) is 0 Å². The van der Waals surface area contributed by atoms with Gasteiger partial charge in [-0.15, -0.1) is 0 Å². The normalized spacial score (nSPS) is 19.2. The SMILES string of the molecule is COc1ccc(C2C(C(=O)c3cc4cccc(OC)c4o3)=C(O)C(=O)N2C2CCCCC2)cc1. The van der Waals surface area contributed by atoms with Crippen LogP contribution in [0.25, 0.3) is 11.0 Å². The summed E-state index contributed by atoms with van der Waals surface area (Å²) in [6.07, 6.45) is 4.83. The van der Waals surface area contributed by atoms with Crippen LogP contribution in [-0.2, 0) is 4.79 Å². The number of aliphatic hydroxyl groups excluding tert-OH is 1. The first-order valence-corrected chi connectivity index (χ1v) is 11.5. The van der Waals surface area contributed by atoms with E-state index in [0.717, 1.165) is 37.7 Å². The first-order chi connectivity index (χ1) is 16.5. The number of methoxy groups -OCH3 is 2. The third-order valence-corrected chi connectivity index (χ3v) is 6.84. The number of rotatable bonds is 6. The van der Waals surface area contributed by atoms with Crippen molar-refractivity contribution in [2.45, 2.75) is 44.2 Å². The van der Waals surface area contributed by atoms with E-state index in [1.807, 2.05) is 24.3 Å². The molecule has 1 atom stereocenters. The highest BCUT2D eigenvalue weighted by atomic mass is 16.5. The zero-order chi connectivity index (χ0) is 23.8. The number of ether oxygens (including phenoxy) is 2. The van der Waals surface area contributed by atoms with Gasteiger partial charge in [-0.2, -0.15) is 0 Å². The topological polar surface area (TPSA) is 89.2 Å². The molecule has 1 unspecified atom stereocenters. The van der Waals surface area contributed by atoms with Gasteiger partial charge >= 0.3 is 0 Å². The standard InChI is InChI=1S/C27H27NO6/c1-32-19-13-11-16(12-14-19)23-22(25(30)27(31)28(23)18-8-4-3-5-9-18)24(29)21-15-17-7-6-10-20(33-2)26(17)34-21/h6-7,10-15,18,23,30H,3-5,8-9H2,1-2H3. The van der Waals surface area contributed by atoms with Gasteiger partial charge in [0.05, 0.1) is 25.8 Å². The van der Waals surface area contributed by atoms with Crippen molar-refractivity contribution in [3.05, 3.63) is 71.2 Å². The summed E-state index contributed by atoms with van der Waals surface area (Å²) in [6, 6.07) is 13.5. The highest BCUT2D eigenvalue weighted by Crippen LogP contribution is 2.43. The van der Waals surface area contributed by atoms with Crippen molar-refractivity contribution in [1.82, 2.24) is 4.90 Å². The zero-order valence-corrected chi connectivity index (χ0v) is 19.2. The lowest BCUT2D eigenvalue weighted by molar-refractivity contribution is -0.132. The molecule has 2 heterocycles. The molecule has 1 aliphatic heterocycles. The highest BCUT2D eigenvalue weighted by Gasteiger charge is 2.47. The molecule has 1 aromatic heterocycles. The van der Waals surface area contributed by atoms with Gasteiger partial charge in [-0.3, -0.25) is 9.59 Å². The van der Waals surface area contributed by atoms with Gasteiger partial charge in [0, 0.05) is 11.4 Å². The van der Waals surface area contributed by atoms with Crippen LogP contribution in [0.3, 0.4) is 0 Å². The molecule has 3 aromatic rings. The first-order valence-electron chi connectivity index (χ1n) is 11.5. The molecule has 1 saturated carbocycles. The van der Waals surface area contributed by atoms with Crippen molar-refractivity contribution < 1.29 is 28.6 Å². The molecule has 7 heteroatoms. The Balaban J connectivity index is 1.60. The number of para-hydroxylation sites is 1. The van der Waals surface area contributed by atoms with Crippen molar-refractivity contribution in [1.29, 1.82) is 0 Å². The van der Waals surface area contributed by atoms with Gasteiger partial charge in [0.1, 0.15) is 5.75 Å². The second-order valence-electron chi connectivity index (χ2n) is 8.76. The number of Topliss-reactive ketones (excluding diaryl/α,β-unsaturated/α-hetero) is 1. The van der Waals surface area contributed by atoms with Crippen LogP contribution < -0.4 is 9.47 Å². The fourth-order valence-corrected chi connectivity index (χ4v) is 5.15. The summed E-state index contributed by atoms with van der Waals surface area (Å²) in [5, 5.41) is 11.7.